The van der Waals surface area contributed by atoms with Gasteiger partial charge in [-0.3, -0.25) is 4.90 Å². The molecule has 0 saturated carbocycles. The highest BCUT2D eigenvalue weighted by atomic mass is 32.2. The van der Waals surface area contributed by atoms with E-state index < -0.39 is 0 Å². The molecule has 1 fully saturated rings. The molecule has 0 N–H and O–H groups in total. The minimum Gasteiger partial charge on any atom is -0.374 e. The molecule has 0 aliphatic carbocycles. The third-order valence-corrected chi connectivity index (χ3v) is 4.87. The van der Waals surface area contributed by atoms with Crippen LogP contribution >= 0.6 is 11.8 Å². The Hall–Kier alpha value is 0.230. The van der Waals surface area contributed by atoms with Crippen LogP contribution < -0.4 is 0 Å². The standard InChI is InChI=1S/C12H26N2OS/c1-10(16-6)14-7-8-15-11(9-14)12(2,3)13(4)5/h10-11H,7-9H2,1-6H3/t10?,11-/m0/s1. The molecule has 0 amide bonds. The number of ether oxygens (including phenoxy) is 1. The molecule has 0 aromatic rings. The molecule has 16 heavy (non-hydrogen) atoms. The number of morpholine rings is 1. The van der Waals surface area contributed by atoms with Crippen LogP contribution in [0.4, 0.5) is 0 Å². The third-order valence-electron chi connectivity index (χ3n) is 3.89. The van der Waals surface area contributed by atoms with E-state index in [1.165, 1.54) is 0 Å². The van der Waals surface area contributed by atoms with Crippen LogP contribution in [0.15, 0.2) is 0 Å². The van der Waals surface area contributed by atoms with E-state index in [2.05, 4.69) is 50.9 Å². The molecule has 2 atom stereocenters. The average molecular weight is 246 g/mol. The highest BCUT2D eigenvalue weighted by Crippen LogP contribution is 2.25. The van der Waals surface area contributed by atoms with E-state index in [1.807, 2.05) is 11.8 Å². The van der Waals surface area contributed by atoms with Crippen molar-refractivity contribution >= 4 is 11.8 Å². The Bertz CT molecular complexity index is 221. The summed E-state index contributed by atoms with van der Waals surface area (Å²) >= 11 is 1.91. The van der Waals surface area contributed by atoms with Gasteiger partial charge in [-0.1, -0.05) is 0 Å². The SMILES string of the molecule is CSC(C)N1CCO[C@H](C(C)(C)N(C)C)C1. The summed E-state index contributed by atoms with van der Waals surface area (Å²) in [7, 11) is 4.25. The molecule has 1 heterocycles. The molecule has 1 saturated heterocycles. The van der Waals surface area contributed by atoms with Crippen LogP contribution in [0, 0.1) is 0 Å². The fraction of sp³-hybridized carbons (Fsp3) is 1.00. The average Bonchev–Trinajstić information content (AvgIpc) is 2.28. The highest BCUT2D eigenvalue weighted by molar-refractivity contribution is 7.99. The van der Waals surface area contributed by atoms with E-state index in [0.717, 1.165) is 19.7 Å². The van der Waals surface area contributed by atoms with Gasteiger partial charge >= 0.3 is 0 Å². The zero-order valence-corrected chi connectivity index (χ0v) is 12.3. The van der Waals surface area contributed by atoms with Gasteiger partial charge in [-0.05, 0) is 41.1 Å². The lowest BCUT2D eigenvalue weighted by atomic mass is 9.94. The lowest BCUT2D eigenvalue weighted by Crippen LogP contribution is -2.58. The van der Waals surface area contributed by atoms with Crippen molar-refractivity contribution in [2.24, 2.45) is 0 Å². The number of hydrogen-bond donors (Lipinski definition) is 0. The molecule has 3 nitrogen and oxygen atoms in total. The minimum atomic E-state index is 0.0940. The monoisotopic (exact) mass is 246 g/mol. The van der Waals surface area contributed by atoms with E-state index in [4.69, 9.17) is 4.74 Å². The predicted octanol–water partition coefficient (Wildman–Crippen LogP) is 1.74. The van der Waals surface area contributed by atoms with Crippen molar-refractivity contribution < 1.29 is 4.74 Å². The van der Waals surface area contributed by atoms with Crippen molar-refractivity contribution in [1.82, 2.24) is 9.80 Å². The van der Waals surface area contributed by atoms with Gasteiger partial charge in [0.15, 0.2) is 0 Å². The smallest absolute Gasteiger partial charge is 0.0880 e. The molecule has 0 radical (unpaired) electrons. The molecule has 1 unspecified atom stereocenters. The Labute approximate surface area is 105 Å². The fourth-order valence-corrected chi connectivity index (χ4v) is 2.35. The van der Waals surface area contributed by atoms with E-state index in [1.54, 1.807) is 0 Å². The van der Waals surface area contributed by atoms with Gasteiger partial charge < -0.3 is 9.64 Å². The molecule has 4 heteroatoms. The van der Waals surface area contributed by atoms with Crippen LogP contribution in [0.3, 0.4) is 0 Å². The molecule has 1 aliphatic rings. The molecule has 1 aliphatic heterocycles. The van der Waals surface area contributed by atoms with Gasteiger partial charge in [-0.2, -0.15) is 0 Å². The van der Waals surface area contributed by atoms with Gasteiger partial charge in [0.1, 0.15) is 0 Å². The first kappa shape index (κ1) is 14.3. The Morgan fingerprint density at radius 3 is 2.56 bits per heavy atom. The molecule has 0 bridgehead atoms. The molecular formula is C12H26N2OS. The summed E-state index contributed by atoms with van der Waals surface area (Å²) < 4.78 is 5.94. The first-order valence-electron chi connectivity index (χ1n) is 5.95. The summed E-state index contributed by atoms with van der Waals surface area (Å²) in [6.07, 6.45) is 2.47. The molecule has 0 aromatic heterocycles. The second-order valence-electron chi connectivity index (χ2n) is 5.24. The second kappa shape index (κ2) is 5.71. The summed E-state index contributed by atoms with van der Waals surface area (Å²) in [5.74, 6) is 0. The van der Waals surface area contributed by atoms with Crippen molar-refractivity contribution in [3.05, 3.63) is 0 Å². The zero-order chi connectivity index (χ0) is 12.3. The van der Waals surface area contributed by atoms with Crippen LogP contribution in [-0.2, 0) is 4.74 Å². The normalized spacial score (nSPS) is 26.1. The second-order valence-corrected chi connectivity index (χ2v) is 6.39. The summed E-state index contributed by atoms with van der Waals surface area (Å²) in [4.78, 5) is 4.77. The number of rotatable bonds is 4. The molecule has 1 rings (SSSR count). The summed E-state index contributed by atoms with van der Waals surface area (Å²) in [5.41, 5.74) is 0.0940. The van der Waals surface area contributed by atoms with Crippen molar-refractivity contribution in [2.45, 2.75) is 37.8 Å². The fourth-order valence-electron chi connectivity index (χ4n) is 1.86. The highest BCUT2D eigenvalue weighted by Gasteiger charge is 2.36. The lowest BCUT2D eigenvalue weighted by molar-refractivity contribution is -0.0942. The van der Waals surface area contributed by atoms with Gasteiger partial charge in [-0.25, -0.2) is 0 Å². The van der Waals surface area contributed by atoms with E-state index in [9.17, 15) is 0 Å². The van der Waals surface area contributed by atoms with Crippen molar-refractivity contribution in [3.63, 3.8) is 0 Å². The van der Waals surface area contributed by atoms with Crippen molar-refractivity contribution in [2.75, 3.05) is 40.0 Å². The Morgan fingerprint density at radius 1 is 1.44 bits per heavy atom. The van der Waals surface area contributed by atoms with Crippen LogP contribution in [0.25, 0.3) is 0 Å². The van der Waals surface area contributed by atoms with Gasteiger partial charge in [-0.15, -0.1) is 11.8 Å². The van der Waals surface area contributed by atoms with Crippen LogP contribution in [0.5, 0.6) is 0 Å². The summed E-state index contributed by atoms with van der Waals surface area (Å²) in [6.45, 7) is 9.73. The Balaban J connectivity index is 2.63. The van der Waals surface area contributed by atoms with E-state index in [0.29, 0.717) is 11.5 Å². The third kappa shape index (κ3) is 3.13. The van der Waals surface area contributed by atoms with Crippen molar-refractivity contribution in [3.8, 4) is 0 Å². The maximum absolute atomic E-state index is 5.94. The van der Waals surface area contributed by atoms with Gasteiger partial charge in [0.05, 0.1) is 18.1 Å². The number of likely N-dealkylation sites (N-methyl/N-ethyl adjacent to an activating group) is 1. The van der Waals surface area contributed by atoms with Crippen LogP contribution in [-0.4, -0.2) is 66.9 Å². The number of hydrogen-bond acceptors (Lipinski definition) is 4. The predicted molar refractivity (Wildman–Crippen MR) is 72.1 cm³/mol. The van der Waals surface area contributed by atoms with E-state index in [-0.39, 0.29) is 5.54 Å². The quantitative estimate of drug-likeness (QED) is 0.750. The van der Waals surface area contributed by atoms with E-state index >= 15 is 0 Å². The summed E-state index contributed by atoms with van der Waals surface area (Å²) in [5, 5.41) is 0.587. The van der Waals surface area contributed by atoms with Crippen LogP contribution in [0.1, 0.15) is 20.8 Å². The summed E-state index contributed by atoms with van der Waals surface area (Å²) in [6, 6.07) is 0. The first-order chi connectivity index (χ1) is 7.39. The minimum absolute atomic E-state index is 0.0940. The number of nitrogens with zero attached hydrogens (tertiary/aromatic N) is 2. The first-order valence-corrected chi connectivity index (χ1v) is 7.24. The lowest BCUT2D eigenvalue weighted by Gasteiger charge is -2.45. The topological polar surface area (TPSA) is 15.7 Å². The Morgan fingerprint density at radius 2 is 2.06 bits per heavy atom. The van der Waals surface area contributed by atoms with Crippen molar-refractivity contribution in [1.29, 1.82) is 0 Å². The maximum atomic E-state index is 5.94. The molecular weight excluding hydrogens is 220 g/mol. The Kier molecular flexibility index (Phi) is 5.10. The molecule has 0 spiro atoms. The largest absolute Gasteiger partial charge is 0.374 e. The maximum Gasteiger partial charge on any atom is 0.0880 e. The molecule has 0 aromatic carbocycles. The number of thioether (sulfide) groups is 1. The molecule has 96 valence electrons. The van der Waals surface area contributed by atoms with Gasteiger partial charge in [0.2, 0.25) is 0 Å². The zero-order valence-electron chi connectivity index (χ0n) is 11.5. The van der Waals surface area contributed by atoms with Gasteiger partial charge in [0.25, 0.3) is 0 Å². The van der Waals surface area contributed by atoms with Gasteiger partial charge in [0, 0.05) is 18.6 Å². The van der Waals surface area contributed by atoms with Crippen LogP contribution in [0.2, 0.25) is 0 Å².